The normalized spacial score (nSPS) is 11.7. The molecule has 0 aromatic heterocycles. The smallest absolute Gasteiger partial charge is 0.311 e. The summed E-state index contributed by atoms with van der Waals surface area (Å²) in [6, 6.07) is 55.4. The molecule has 1 atom stereocenters. The molecule has 7 rings (SSSR count). The number of rotatable bonds is 19. The van der Waals surface area contributed by atoms with E-state index in [-0.39, 0.29) is 30.5 Å². The number of hydrogen-bond acceptors (Lipinski definition) is 7. The molecular formula is C50H44Cl2N2O6. The SMILES string of the molecule is O=[N+]([O-])c1cc([C@@H](O)CN(Cc2ccccc2)CC(c2ccc(OCc3ccccc3)c(Cl)c2)c2ccc(OCc3ccccc3)c(Cl)c2)ccc1OCc1ccccc1. The molecule has 304 valence electrons. The molecule has 8 nitrogen and oxygen atoms in total. The van der Waals surface area contributed by atoms with E-state index in [1.807, 2.05) is 158 Å². The summed E-state index contributed by atoms with van der Waals surface area (Å²) >= 11 is 13.9. The molecule has 7 aromatic rings. The molecule has 10 heteroatoms. The zero-order valence-electron chi connectivity index (χ0n) is 32.8. The summed E-state index contributed by atoms with van der Waals surface area (Å²) in [5.74, 6) is 0.952. The Labute approximate surface area is 360 Å². The predicted molar refractivity (Wildman–Crippen MR) is 237 cm³/mol. The van der Waals surface area contributed by atoms with Crippen LogP contribution in [0, 0.1) is 10.1 Å². The molecule has 1 N–H and O–H groups in total. The van der Waals surface area contributed by atoms with Gasteiger partial charge in [0.2, 0.25) is 0 Å². The van der Waals surface area contributed by atoms with Gasteiger partial charge in [0.15, 0.2) is 5.75 Å². The highest BCUT2D eigenvalue weighted by molar-refractivity contribution is 6.32. The highest BCUT2D eigenvalue weighted by Gasteiger charge is 2.25. The standard InChI is InChI=1S/C50H44Cl2N2O6/c51-44-27-40(21-24-48(44)58-33-37-15-7-2-8-16-37)43(41-22-25-49(45(52)28-41)59-34-38-17-9-3-10-18-38)31-53(30-36-13-5-1-6-14-36)32-47(55)42-23-26-50(46(29-42)54(56)57)60-35-39-19-11-4-12-20-39/h1-29,43,47,55H,30-35H2/t47-/m0/s1. The van der Waals surface area contributed by atoms with Crippen molar-refractivity contribution < 1.29 is 24.2 Å². The molecule has 0 bridgehead atoms. The number of ether oxygens (including phenoxy) is 3. The van der Waals surface area contributed by atoms with Crippen LogP contribution in [0.3, 0.4) is 0 Å². The van der Waals surface area contributed by atoms with Gasteiger partial charge >= 0.3 is 5.69 Å². The molecule has 0 fully saturated rings. The molecule has 0 aliphatic rings. The average Bonchev–Trinajstić information content (AvgIpc) is 3.28. The van der Waals surface area contributed by atoms with E-state index in [0.29, 0.717) is 53.4 Å². The van der Waals surface area contributed by atoms with Crippen LogP contribution in [0.15, 0.2) is 176 Å². The van der Waals surface area contributed by atoms with Gasteiger partial charge in [-0.15, -0.1) is 0 Å². The van der Waals surface area contributed by atoms with Gasteiger partial charge < -0.3 is 19.3 Å². The van der Waals surface area contributed by atoms with E-state index >= 15 is 0 Å². The number of halogens is 2. The molecule has 0 saturated heterocycles. The quantitative estimate of drug-likeness (QED) is 0.0640. The first-order chi connectivity index (χ1) is 29.3. The van der Waals surface area contributed by atoms with Crippen LogP contribution in [0.1, 0.15) is 51.0 Å². The van der Waals surface area contributed by atoms with E-state index in [2.05, 4.69) is 4.90 Å². The lowest BCUT2D eigenvalue weighted by molar-refractivity contribution is -0.386. The number of nitro benzene ring substituents is 1. The van der Waals surface area contributed by atoms with Gasteiger partial charge in [0.25, 0.3) is 0 Å². The largest absolute Gasteiger partial charge is 0.487 e. The van der Waals surface area contributed by atoms with E-state index in [4.69, 9.17) is 37.4 Å². The molecule has 0 spiro atoms. The van der Waals surface area contributed by atoms with Crippen molar-refractivity contribution in [3.63, 3.8) is 0 Å². The summed E-state index contributed by atoms with van der Waals surface area (Å²) in [5, 5.41) is 25.0. The Bertz CT molecular complexity index is 2360. The third-order valence-electron chi connectivity index (χ3n) is 10.1. The highest BCUT2D eigenvalue weighted by atomic mass is 35.5. The number of nitro groups is 1. The first-order valence-corrected chi connectivity index (χ1v) is 20.4. The maximum Gasteiger partial charge on any atom is 0.311 e. The van der Waals surface area contributed by atoms with Crippen LogP contribution in [0.5, 0.6) is 17.2 Å². The number of hydrogen-bond donors (Lipinski definition) is 1. The van der Waals surface area contributed by atoms with Gasteiger partial charge in [0.05, 0.1) is 21.1 Å². The van der Waals surface area contributed by atoms with Crippen molar-refractivity contribution in [2.75, 3.05) is 13.1 Å². The Morgan fingerprint density at radius 2 is 0.917 bits per heavy atom. The van der Waals surface area contributed by atoms with Gasteiger partial charge in [0, 0.05) is 31.6 Å². The molecule has 60 heavy (non-hydrogen) atoms. The molecule has 0 aliphatic carbocycles. The van der Waals surface area contributed by atoms with Crippen molar-refractivity contribution in [2.45, 2.75) is 38.4 Å². The van der Waals surface area contributed by atoms with Crippen molar-refractivity contribution in [3.05, 3.63) is 235 Å². The maximum atomic E-state index is 12.3. The lowest BCUT2D eigenvalue weighted by Gasteiger charge is -2.30. The van der Waals surface area contributed by atoms with Crippen LogP contribution < -0.4 is 14.2 Å². The molecule has 0 radical (unpaired) electrons. The molecule has 0 amide bonds. The maximum absolute atomic E-state index is 12.3. The van der Waals surface area contributed by atoms with Crippen LogP contribution in [0.4, 0.5) is 5.69 Å². The fraction of sp³-hybridized carbons (Fsp3) is 0.160. The minimum absolute atomic E-state index is 0.127. The highest BCUT2D eigenvalue weighted by Crippen LogP contribution is 2.37. The molecular weight excluding hydrogens is 795 g/mol. The van der Waals surface area contributed by atoms with Gasteiger partial charge in [-0.1, -0.05) is 163 Å². The Kier molecular flexibility index (Phi) is 14.5. The van der Waals surface area contributed by atoms with Gasteiger partial charge in [0.1, 0.15) is 31.3 Å². The third-order valence-corrected chi connectivity index (χ3v) is 10.7. The molecule has 7 aromatic carbocycles. The minimum atomic E-state index is -1.08. The van der Waals surface area contributed by atoms with Crippen molar-refractivity contribution in [1.82, 2.24) is 4.90 Å². The first kappa shape index (κ1) is 42.0. The Balaban J connectivity index is 1.18. The molecule has 0 saturated carbocycles. The van der Waals surface area contributed by atoms with Crippen LogP contribution in [-0.2, 0) is 26.4 Å². The fourth-order valence-corrected chi connectivity index (χ4v) is 7.46. The second-order valence-electron chi connectivity index (χ2n) is 14.4. The van der Waals surface area contributed by atoms with Gasteiger partial charge in [-0.25, -0.2) is 0 Å². The van der Waals surface area contributed by atoms with Crippen molar-refractivity contribution >= 4 is 28.9 Å². The number of aliphatic hydroxyl groups excluding tert-OH is 1. The van der Waals surface area contributed by atoms with E-state index in [0.717, 1.165) is 33.4 Å². The summed E-state index contributed by atoms with van der Waals surface area (Å²) in [6.45, 7) is 1.96. The van der Waals surface area contributed by atoms with Crippen LogP contribution >= 0.6 is 23.2 Å². The number of nitrogens with zero attached hydrogens (tertiary/aromatic N) is 2. The minimum Gasteiger partial charge on any atom is -0.487 e. The Hall–Kier alpha value is -6.16. The summed E-state index contributed by atoms with van der Waals surface area (Å²) in [5.41, 5.74) is 5.95. The second kappa shape index (κ2) is 20.7. The van der Waals surface area contributed by atoms with Crippen LogP contribution in [-0.4, -0.2) is 28.0 Å². The lowest BCUT2D eigenvalue weighted by Crippen LogP contribution is -2.33. The summed E-state index contributed by atoms with van der Waals surface area (Å²) < 4.78 is 18.1. The zero-order chi connectivity index (χ0) is 41.7. The fourth-order valence-electron chi connectivity index (χ4n) is 6.97. The average molecular weight is 840 g/mol. The number of benzene rings is 7. The van der Waals surface area contributed by atoms with Crippen molar-refractivity contribution in [1.29, 1.82) is 0 Å². The Morgan fingerprint density at radius 3 is 1.35 bits per heavy atom. The van der Waals surface area contributed by atoms with E-state index in [1.165, 1.54) is 6.07 Å². The van der Waals surface area contributed by atoms with Gasteiger partial charge in [-0.05, 0) is 69.3 Å². The van der Waals surface area contributed by atoms with Crippen LogP contribution in [0.2, 0.25) is 10.0 Å². The third kappa shape index (κ3) is 11.5. The van der Waals surface area contributed by atoms with Crippen LogP contribution in [0.25, 0.3) is 0 Å². The van der Waals surface area contributed by atoms with Gasteiger partial charge in [-0.2, -0.15) is 0 Å². The molecule has 0 heterocycles. The summed E-state index contributed by atoms with van der Waals surface area (Å²) in [7, 11) is 0. The zero-order valence-corrected chi connectivity index (χ0v) is 34.3. The number of aliphatic hydroxyl groups is 1. The molecule has 0 unspecified atom stereocenters. The lowest BCUT2D eigenvalue weighted by atomic mass is 9.90. The Morgan fingerprint density at radius 1 is 0.517 bits per heavy atom. The van der Waals surface area contributed by atoms with E-state index in [9.17, 15) is 15.2 Å². The molecule has 0 aliphatic heterocycles. The predicted octanol–water partition coefficient (Wildman–Crippen LogP) is 12.0. The monoisotopic (exact) mass is 838 g/mol. The van der Waals surface area contributed by atoms with Crippen molar-refractivity contribution in [2.24, 2.45) is 0 Å². The topological polar surface area (TPSA) is 94.3 Å². The second-order valence-corrected chi connectivity index (χ2v) is 15.2. The van der Waals surface area contributed by atoms with Crippen molar-refractivity contribution in [3.8, 4) is 17.2 Å². The first-order valence-electron chi connectivity index (χ1n) is 19.6. The van der Waals surface area contributed by atoms with E-state index < -0.39 is 11.0 Å². The van der Waals surface area contributed by atoms with Gasteiger partial charge in [-0.3, -0.25) is 15.0 Å². The summed E-state index contributed by atoms with van der Waals surface area (Å²) in [6.07, 6.45) is -1.08. The van der Waals surface area contributed by atoms with E-state index in [1.54, 1.807) is 12.1 Å². The summed E-state index contributed by atoms with van der Waals surface area (Å²) in [4.78, 5) is 13.9.